The first-order valence-electron chi connectivity index (χ1n) is 5.78. The highest BCUT2D eigenvalue weighted by molar-refractivity contribution is 6.12. The number of ketones is 1. The molecule has 19 heavy (non-hydrogen) atoms. The minimum atomic E-state index is -1.09. The topological polar surface area (TPSA) is 58.9 Å². The molecule has 0 spiro atoms. The third-order valence-corrected chi connectivity index (χ3v) is 3.38. The number of hydrogen-bond donors (Lipinski definition) is 2. The number of rotatable bonds is 2. The smallest absolute Gasteiger partial charge is 0.211 e. The summed E-state index contributed by atoms with van der Waals surface area (Å²) in [5.74, 6) is -2.59. The zero-order valence-electron chi connectivity index (χ0n) is 10.9. The zero-order chi connectivity index (χ0) is 14.3. The van der Waals surface area contributed by atoms with Gasteiger partial charge in [-0.15, -0.1) is 0 Å². The summed E-state index contributed by atoms with van der Waals surface area (Å²) in [6, 6.07) is 1.65. The molecule has 2 rings (SSSR count). The number of halogens is 2. The van der Waals surface area contributed by atoms with Gasteiger partial charge in [0.2, 0.25) is 5.78 Å². The van der Waals surface area contributed by atoms with E-state index in [1.165, 1.54) is 0 Å². The van der Waals surface area contributed by atoms with E-state index >= 15 is 0 Å². The van der Waals surface area contributed by atoms with Crippen molar-refractivity contribution in [2.45, 2.75) is 20.8 Å². The SMILES string of the molecule is Cc1[nH]c(C(=O)c2cc(F)c(F)cc2N)c(C)c1C. The minimum Gasteiger partial charge on any atom is -0.398 e. The Balaban J connectivity index is 2.56. The molecule has 0 aliphatic heterocycles. The van der Waals surface area contributed by atoms with Gasteiger partial charge < -0.3 is 10.7 Å². The molecule has 0 saturated heterocycles. The van der Waals surface area contributed by atoms with Crippen LogP contribution in [0.15, 0.2) is 12.1 Å². The van der Waals surface area contributed by atoms with E-state index in [1.54, 1.807) is 6.92 Å². The number of nitrogen functional groups attached to an aromatic ring is 1. The molecule has 1 aromatic heterocycles. The third kappa shape index (κ3) is 2.12. The van der Waals surface area contributed by atoms with Crippen LogP contribution in [0.4, 0.5) is 14.5 Å². The molecule has 3 N–H and O–H groups in total. The molecule has 1 aromatic carbocycles. The number of benzene rings is 1. The van der Waals surface area contributed by atoms with E-state index in [1.807, 2.05) is 13.8 Å². The van der Waals surface area contributed by atoms with Crippen molar-refractivity contribution in [3.05, 3.63) is 51.8 Å². The largest absolute Gasteiger partial charge is 0.398 e. The van der Waals surface area contributed by atoms with Crippen LogP contribution in [-0.4, -0.2) is 10.8 Å². The third-order valence-electron chi connectivity index (χ3n) is 3.38. The van der Waals surface area contributed by atoms with Crippen LogP contribution in [-0.2, 0) is 0 Å². The molecule has 0 bridgehead atoms. The van der Waals surface area contributed by atoms with Gasteiger partial charge in [0.15, 0.2) is 11.6 Å². The molecule has 5 heteroatoms. The van der Waals surface area contributed by atoms with Crippen molar-refractivity contribution in [3.8, 4) is 0 Å². The lowest BCUT2D eigenvalue weighted by molar-refractivity contribution is 0.103. The number of carbonyl (C=O) groups excluding carboxylic acids is 1. The summed E-state index contributed by atoms with van der Waals surface area (Å²) < 4.78 is 26.2. The van der Waals surface area contributed by atoms with Crippen LogP contribution in [0.2, 0.25) is 0 Å². The van der Waals surface area contributed by atoms with Crippen LogP contribution in [0.3, 0.4) is 0 Å². The molecular weight excluding hydrogens is 250 g/mol. The molecule has 0 atom stereocenters. The van der Waals surface area contributed by atoms with E-state index in [9.17, 15) is 13.6 Å². The number of hydrogen-bond acceptors (Lipinski definition) is 2. The first kappa shape index (κ1) is 13.3. The molecular formula is C14H14F2N2O. The Bertz CT molecular complexity index is 675. The fourth-order valence-electron chi connectivity index (χ4n) is 1.96. The molecule has 0 saturated carbocycles. The normalized spacial score (nSPS) is 10.8. The van der Waals surface area contributed by atoms with Crippen molar-refractivity contribution in [2.75, 3.05) is 5.73 Å². The van der Waals surface area contributed by atoms with E-state index in [0.29, 0.717) is 5.69 Å². The second kappa shape index (κ2) is 4.50. The van der Waals surface area contributed by atoms with Gasteiger partial charge in [-0.1, -0.05) is 0 Å². The number of H-pyrrole nitrogens is 1. The Hall–Kier alpha value is -2.17. The van der Waals surface area contributed by atoms with Crippen LogP contribution in [0.25, 0.3) is 0 Å². The number of nitrogens with two attached hydrogens (primary N) is 1. The highest BCUT2D eigenvalue weighted by Crippen LogP contribution is 2.24. The maximum absolute atomic E-state index is 13.2. The van der Waals surface area contributed by atoms with Crippen molar-refractivity contribution in [1.29, 1.82) is 0 Å². The van der Waals surface area contributed by atoms with Gasteiger partial charge in [-0.2, -0.15) is 0 Å². The van der Waals surface area contributed by atoms with Gasteiger partial charge in [-0.05, 0) is 38.0 Å². The minimum absolute atomic E-state index is 0.0387. The van der Waals surface area contributed by atoms with Gasteiger partial charge in [0.1, 0.15) is 0 Å². The van der Waals surface area contributed by atoms with Gasteiger partial charge in [0.05, 0.1) is 11.3 Å². The molecule has 0 amide bonds. The predicted octanol–water partition coefficient (Wildman–Crippen LogP) is 3.03. The lowest BCUT2D eigenvalue weighted by atomic mass is 10.0. The molecule has 0 aliphatic carbocycles. The van der Waals surface area contributed by atoms with Crippen LogP contribution in [0.1, 0.15) is 32.9 Å². The van der Waals surface area contributed by atoms with Gasteiger partial charge in [0.25, 0.3) is 0 Å². The van der Waals surface area contributed by atoms with Crippen LogP contribution >= 0.6 is 0 Å². The highest BCUT2D eigenvalue weighted by Gasteiger charge is 2.20. The number of carbonyl (C=O) groups is 1. The maximum atomic E-state index is 13.2. The second-order valence-electron chi connectivity index (χ2n) is 4.56. The van der Waals surface area contributed by atoms with Gasteiger partial charge in [-0.25, -0.2) is 8.78 Å². The summed E-state index contributed by atoms with van der Waals surface area (Å²) >= 11 is 0. The number of aryl methyl sites for hydroxylation is 1. The van der Waals surface area contributed by atoms with Gasteiger partial charge in [0, 0.05) is 17.4 Å². The van der Waals surface area contributed by atoms with E-state index in [0.717, 1.165) is 29.0 Å². The monoisotopic (exact) mass is 264 g/mol. The molecule has 0 unspecified atom stereocenters. The Morgan fingerprint density at radius 3 is 2.21 bits per heavy atom. The Kier molecular flexibility index (Phi) is 3.14. The first-order valence-corrected chi connectivity index (χ1v) is 5.78. The van der Waals surface area contributed by atoms with Crippen LogP contribution < -0.4 is 5.73 Å². The molecule has 2 aromatic rings. The van der Waals surface area contributed by atoms with Crippen molar-refractivity contribution in [3.63, 3.8) is 0 Å². The molecule has 0 aliphatic rings. The number of aromatic nitrogens is 1. The zero-order valence-corrected chi connectivity index (χ0v) is 10.9. The van der Waals surface area contributed by atoms with E-state index in [4.69, 9.17) is 5.73 Å². The van der Waals surface area contributed by atoms with Crippen molar-refractivity contribution in [2.24, 2.45) is 0 Å². The van der Waals surface area contributed by atoms with Crippen molar-refractivity contribution in [1.82, 2.24) is 4.98 Å². The fraction of sp³-hybridized carbons (Fsp3) is 0.214. The maximum Gasteiger partial charge on any atom is 0.211 e. The average Bonchev–Trinajstić information content (AvgIpc) is 2.61. The number of nitrogens with one attached hydrogen (secondary N) is 1. The number of aromatic amines is 1. The van der Waals surface area contributed by atoms with Gasteiger partial charge in [-0.3, -0.25) is 4.79 Å². The summed E-state index contributed by atoms with van der Waals surface area (Å²) in [6.07, 6.45) is 0. The Morgan fingerprint density at radius 2 is 1.68 bits per heavy atom. The Labute approximate surface area is 109 Å². The van der Waals surface area contributed by atoms with E-state index in [-0.39, 0.29) is 11.3 Å². The van der Waals surface area contributed by atoms with Crippen LogP contribution in [0.5, 0.6) is 0 Å². The standard InChI is InChI=1S/C14H14F2N2O/c1-6-7(2)13(18-8(6)3)14(19)9-4-10(15)11(16)5-12(9)17/h4-5,18H,17H2,1-3H3. The van der Waals surface area contributed by atoms with Gasteiger partial charge >= 0.3 is 0 Å². The second-order valence-corrected chi connectivity index (χ2v) is 4.56. The van der Waals surface area contributed by atoms with E-state index < -0.39 is 17.4 Å². The highest BCUT2D eigenvalue weighted by atomic mass is 19.2. The lowest BCUT2D eigenvalue weighted by Crippen LogP contribution is -2.09. The fourth-order valence-corrected chi connectivity index (χ4v) is 1.96. The van der Waals surface area contributed by atoms with Crippen molar-refractivity contribution < 1.29 is 13.6 Å². The predicted molar refractivity (Wildman–Crippen MR) is 69.2 cm³/mol. The number of anilines is 1. The molecule has 0 fully saturated rings. The summed E-state index contributed by atoms with van der Waals surface area (Å²) in [5, 5.41) is 0. The summed E-state index contributed by atoms with van der Waals surface area (Å²) in [4.78, 5) is 15.3. The quantitative estimate of drug-likeness (QED) is 0.647. The molecule has 100 valence electrons. The summed E-state index contributed by atoms with van der Waals surface area (Å²) in [7, 11) is 0. The Morgan fingerprint density at radius 1 is 1.11 bits per heavy atom. The molecule has 1 heterocycles. The average molecular weight is 264 g/mol. The summed E-state index contributed by atoms with van der Waals surface area (Å²) in [5.41, 5.74) is 8.43. The lowest BCUT2D eigenvalue weighted by Gasteiger charge is -2.05. The van der Waals surface area contributed by atoms with Crippen LogP contribution in [0, 0.1) is 32.4 Å². The van der Waals surface area contributed by atoms with E-state index in [2.05, 4.69) is 4.98 Å². The molecule has 0 radical (unpaired) electrons. The first-order chi connectivity index (χ1) is 8.82. The molecule has 3 nitrogen and oxygen atoms in total. The van der Waals surface area contributed by atoms with Crippen molar-refractivity contribution >= 4 is 11.5 Å². The summed E-state index contributed by atoms with van der Waals surface area (Å²) in [6.45, 7) is 5.52.